The zero-order valence-corrected chi connectivity index (χ0v) is 17.8. The Balaban J connectivity index is 1.30. The average Bonchev–Trinajstić information content (AvgIpc) is 3.19. The molecule has 0 unspecified atom stereocenters. The highest BCUT2D eigenvalue weighted by Crippen LogP contribution is 2.18. The Labute approximate surface area is 183 Å². The second-order valence-corrected chi connectivity index (χ2v) is 8.09. The normalized spacial score (nSPS) is 17.0. The molecule has 31 heavy (non-hydrogen) atoms. The van der Waals surface area contributed by atoms with Crippen LogP contribution in [0.25, 0.3) is 0 Å². The van der Waals surface area contributed by atoms with E-state index in [1.165, 1.54) is 0 Å². The summed E-state index contributed by atoms with van der Waals surface area (Å²) in [6.07, 6.45) is 1.59. The lowest BCUT2D eigenvalue weighted by Gasteiger charge is -2.27. The van der Waals surface area contributed by atoms with Gasteiger partial charge in [0.25, 0.3) is 0 Å². The van der Waals surface area contributed by atoms with E-state index in [9.17, 15) is 9.59 Å². The number of carbonyl (C=O) groups excluding carboxylic acids is 2. The maximum Gasteiger partial charge on any atom is 0.319 e. The maximum atomic E-state index is 12.5. The van der Waals surface area contributed by atoms with E-state index in [4.69, 9.17) is 4.74 Å². The van der Waals surface area contributed by atoms with Gasteiger partial charge in [0, 0.05) is 51.4 Å². The minimum absolute atomic E-state index is 0.221. The van der Waals surface area contributed by atoms with Crippen molar-refractivity contribution in [1.29, 1.82) is 0 Å². The minimum atomic E-state index is -0.227. The van der Waals surface area contributed by atoms with E-state index in [-0.39, 0.29) is 11.9 Å². The molecule has 2 saturated heterocycles. The molecule has 7 heteroatoms. The van der Waals surface area contributed by atoms with Crippen LogP contribution in [-0.2, 0) is 29.2 Å². The van der Waals surface area contributed by atoms with E-state index in [1.54, 1.807) is 0 Å². The first-order chi connectivity index (χ1) is 15.2. The van der Waals surface area contributed by atoms with Crippen molar-refractivity contribution in [1.82, 2.24) is 15.1 Å². The summed E-state index contributed by atoms with van der Waals surface area (Å²) in [5, 5.41) is 5.93. The van der Waals surface area contributed by atoms with E-state index in [0.717, 1.165) is 68.2 Å². The first-order valence-corrected chi connectivity index (χ1v) is 11.0. The average molecular weight is 423 g/mol. The first kappa shape index (κ1) is 21.3. The third kappa shape index (κ3) is 6.06. The number of amides is 3. The minimum Gasteiger partial charge on any atom is -0.379 e. The van der Waals surface area contributed by atoms with Gasteiger partial charge in [0.15, 0.2) is 0 Å². The number of likely N-dealkylation sites (tertiary alicyclic amines) is 1. The number of nitrogens with one attached hydrogen (secondary N) is 2. The van der Waals surface area contributed by atoms with Gasteiger partial charge in [0.2, 0.25) is 5.91 Å². The molecule has 0 aromatic heterocycles. The van der Waals surface area contributed by atoms with Crippen molar-refractivity contribution >= 4 is 17.6 Å². The molecule has 0 radical (unpaired) electrons. The number of carbonyl (C=O) groups is 2. The Bertz CT molecular complexity index is 911. The van der Waals surface area contributed by atoms with Crippen molar-refractivity contribution in [3.63, 3.8) is 0 Å². The Kier molecular flexibility index (Phi) is 7.17. The molecule has 4 rings (SSSR count). The summed E-state index contributed by atoms with van der Waals surface area (Å²) in [6, 6.07) is 15.7. The molecule has 0 bridgehead atoms. The zero-order chi connectivity index (χ0) is 21.5. The van der Waals surface area contributed by atoms with Gasteiger partial charge in [-0.05, 0) is 29.2 Å². The number of hydrogen-bond acceptors (Lipinski definition) is 4. The number of morpholine rings is 1. The third-order valence-corrected chi connectivity index (χ3v) is 5.75. The van der Waals surface area contributed by atoms with E-state index < -0.39 is 0 Å². The number of hydrogen-bond donors (Lipinski definition) is 2. The van der Waals surface area contributed by atoms with Crippen molar-refractivity contribution in [2.24, 2.45) is 0 Å². The van der Waals surface area contributed by atoms with Gasteiger partial charge < -0.3 is 20.3 Å². The van der Waals surface area contributed by atoms with Gasteiger partial charge in [-0.3, -0.25) is 9.69 Å². The summed E-state index contributed by atoms with van der Waals surface area (Å²) in [5.41, 5.74) is 4.02. The van der Waals surface area contributed by atoms with Gasteiger partial charge in [-0.1, -0.05) is 42.5 Å². The van der Waals surface area contributed by atoms with Crippen LogP contribution in [0.15, 0.2) is 48.5 Å². The van der Waals surface area contributed by atoms with Crippen LogP contribution in [0.4, 0.5) is 10.5 Å². The van der Waals surface area contributed by atoms with Crippen molar-refractivity contribution < 1.29 is 14.3 Å². The number of anilines is 1. The van der Waals surface area contributed by atoms with Crippen molar-refractivity contribution in [3.8, 4) is 0 Å². The summed E-state index contributed by atoms with van der Waals surface area (Å²) in [5.74, 6) is 0.221. The topological polar surface area (TPSA) is 73.9 Å². The molecule has 2 aromatic rings. The van der Waals surface area contributed by atoms with E-state index in [2.05, 4.69) is 21.6 Å². The van der Waals surface area contributed by atoms with E-state index in [0.29, 0.717) is 19.5 Å². The van der Waals surface area contributed by atoms with Gasteiger partial charge in [0.05, 0.1) is 13.2 Å². The second-order valence-electron chi connectivity index (χ2n) is 8.09. The lowest BCUT2D eigenvalue weighted by Crippen LogP contribution is -2.36. The fourth-order valence-corrected chi connectivity index (χ4v) is 4.06. The largest absolute Gasteiger partial charge is 0.379 e. The molecule has 2 aromatic carbocycles. The van der Waals surface area contributed by atoms with Gasteiger partial charge in [-0.2, -0.15) is 0 Å². The Morgan fingerprint density at radius 1 is 0.968 bits per heavy atom. The summed E-state index contributed by atoms with van der Waals surface area (Å²) in [6.45, 7) is 5.99. The number of ether oxygens (including phenoxy) is 1. The van der Waals surface area contributed by atoms with Crippen LogP contribution in [0, 0.1) is 0 Å². The van der Waals surface area contributed by atoms with Crippen LogP contribution in [0.2, 0.25) is 0 Å². The third-order valence-electron chi connectivity index (χ3n) is 5.75. The maximum absolute atomic E-state index is 12.5. The highest BCUT2D eigenvalue weighted by Gasteiger charge is 2.20. The van der Waals surface area contributed by atoms with Gasteiger partial charge in [0.1, 0.15) is 0 Å². The van der Waals surface area contributed by atoms with Gasteiger partial charge in [-0.15, -0.1) is 0 Å². The van der Waals surface area contributed by atoms with E-state index >= 15 is 0 Å². The number of urea groups is 1. The highest BCUT2D eigenvalue weighted by atomic mass is 16.5. The summed E-state index contributed by atoms with van der Waals surface area (Å²) >= 11 is 0. The van der Waals surface area contributed by atoms with Crippen molar-refractivity contribution in [2.75, 3.05) is 38.2 Å². The molecule has 0 spiro atoms. The molecule has 164 valence electrons. The fourth-order valence-electron chi connectivity index (χ4n) is 4.06. The molecular formula is C24H30N4O3. The molecule has 2 fully saturated rings. The molecule has 0 atom stereocenters. The van der Waals surface area contributed by atoms with Crippen LogP contribution in [-0.4, -0.2) is 54.6 Å². The molecule has 0 saturated carbocycles. The molecule has 2 aliphatic heterocycles. The van der Waals surface area contributed by atoms with Crippen LogP contribution < -0.4 is 10.6 Å². The predicted octanol–water partition coefficient (Wildman–Crippen LogP) is 2.96. The second kappa shape index (κ2) is 10.4. The molecule has 2 aliphatic rings. The standard InChI is InChI=1S/C24H30N4O3/c29-23-9-4-10-28(23)17-20-6-3-5-19(15-20)16-25-24(30)26-22-8-2-1-7-21(22)18-27-11-13-31-14-12-27/h1-3,5-8,15H,4,9-14,16-18H2,(H2,25,26,30). The van der Waals surface area contributed by atoms with Crippen molar-refractivity contribution in [2.45, 2.75) is 32.5 Å². The van der Waals surface area contributed by atoms with Crippen LogP contribution in [0.1, 0.15) is 29.5 Å². The summed E-state index contributed by atoms with van der Waals surface area (Å²) in [4.78, 5) is 28.6. The number of rotatable bonds is 7. The van der Waals surface area contributed by atoms with Crippen molar-refractivity contribution in [3.05, 3.63) is 65.2 Å². The smallest absolute Gasteiger partial charge is 0.319 e. The quantitative estimate of drug-likeness (QED) is 0.720. The van der Waals surface area contributed by atoms with Crippen LogP contribution in [0.3, 0.4) is 0 Å². The van der Waals surface area contributed by atoms with Crippen LogP contribution in [0.5, 0.6) is 0 Å². The molecule has 7 nitrogen and oxygen atoms in total. The Morgan fingerprint density at radius 3 is 2.58 bits per heavy atom. The molecular weight excluding hydrogens is 392 g/mol. The summed E-state index contributed by atoms with van der Waals surface area (Å²) in [7, 11) is 0. The summed E-state index contributed by atoms with van der Waals surface area (Å²) < 4.78 is 5.42. The SMILES string of the molecule is O=C(NCc1cccc(CN2CCCC2=O)c1)Nc1ccccc1CN1CCOCC1. The van der Waals surface area contributed by atoms with Gasteiger partial charge >= 0.3 is 6.03 Å². The highest BCUT2D eigenvalue weighted by molar-refractivity contribution is 5.90. The molecule has 2 heterocycles. The molecule has 0 aliphatic carbocycles. The Morgan fingerprint density at radius 2 is 1.77 bits per heavy atom. The lowest BCUT2D eigenvalue weighted by molar-refractivity contribution is -0.128. The number of nitrogens with zero attached hydrogens (tertiary/aromatic N) is 2. The van der Waals surface area contributed by atoms with Crippen LogP contribution >= 0.6 is 0 Å². The van der Waals surface area contributed by atoms with Gasteiger partial charge in [-0.25, -0.2) is 4.79 Å². The monoisotopic (exact) mass is 422 g/mol. The van der Waals surface area contributed by atoms with E-state index in [1.807, 2.05) is 47.4 Å². The molecule has 2 N–H and O–H groups in total. The molecule has 3 amide bonds. The number of benzene rings is 2. The Hall–Kier alpha value is -2.90. The number of para-hydroxylation sites is 1. The first-order valence-electron chi connectivity index (χ1n) is 11.0. The predicted molar refractivity (Wildman–Crippen MR) is 119 cm³/mol. The fraction of sp³-hybridized carbons (Fsp3) is 0.417. The lowest BCUT2D eigenvalue weighted by atomic mass is 10.1. The zero-order valence-electron chi connectivity index (χ0n) is 17.8.